The summed E-state index contributed by atoms with van der Waals surface area (Å²) in [6, 6.07) is 5.74. The Morgan fingerprint density at radius 1 is 1.25 bits per heavy atom. The molecule has 0 N–H and O–H groups in total. The molecule has 0 aliphatic carbocycles. The summed E-state index contributed by atoms with van der Waals surface area (Å²) in [6.07, 6.45) is 2.40. The highest BCUT2D eigenvalue weighted by atomic mass is 16.5. The normalized spacial score (nSPS) is 10.8. The van der Waals surface area contributed by atoms with Crippen molar-refractivity contribution in [2.75, 3.05) is 19.7 Å². The van der Waals surface area contributed by atoms with Crippen LogP contribution in [-0.4, -0.2) is 30.4 Å². The van der Waals surface area contributed by atoms with Crippen molar-refractivity contribution in [1.82, 2.24) is 4.90 Å². The van der Waals surface area contributed by atoms with Gasteiger partial charge in [0.2, 0.25) is 0 Å². The van der Waals surface area contributed by atoms with E-state index in [2.05, 4.69) is 18.7 Å². The number of benzene rings is 1. The number of ether oxygens (including phenoxy) is 1. The number of carbonyl (C=O) groups is 1. The molecule has 0 heterocycles. The van der Waals surface area contributed by atoms with Crippen LogP contribution >= 0.6 is 0 Å². The van der Waals surface area contributed by atoms with E-state index in [4.69, 9.17) is 4.74 Å². The average Bonchev–Trinajstić information content (AvgIpc) is 2.44. The summed E-state index contributed by atoms with van der Waals surface area (Å²) >= 11 is 0. The standard InChI is InChI=1S/C17H27NO2/c1-5-8-11-18(6-2)13-16-12-15(14(4)19)9-10-17(16)20-7-3/h9-10,12H,5-8,11,13H2,1-4H3. The van der Waals surface area contributed by atoms with Crippen LogP contribution in [0.5, 0.6) is 5.75 Å². The average molecular weight is 277 g/mol. The first-order valence-corrected chi connectivity index (χ1v) is 7.61. The first kappa shape index (κ1) is 16.7. The van der Waals surface area contributed by atoms with E-state index in [9.17, 15) is 4.79 Å². The Kier molecular flexibility index (Phi) is 7.31. The number of nitrogens with zero attached hydrogens (tertiary/aromatic N) is 1. The van der Waals surface area contributed by atoms with Gasteiger partial charge in [0.05, 0.1) is 6.61 Å². The quantitative estimate of drug-likeness (QED) is 0.641. The van der Waals surface area contributed by atoms with E-state index >= 15 is 0 Å². The number of carbonyl (C=O) groups excluding carboxylic acids is 1. The predicted molar refractivity (Wildman–Crippen MR) is 83.5 cm³/mol. The highest BCUT2D eigenvalue weighted by Crippen LogP contribution is 2.22. The molecule has 0 spiro atoms. The van der Waals surface area contributed by atoms with Gasteiger partial charge >= 0.3 is 0 Å². The SMILES string of the molecule is CCCCN(CC)Cc1cc(C(C)=O)ccc1OCC. The van der Waals surface area contributed by atoms with E-state index in [1.165, 1.54) is 12.8 Å². The Morgan fingerprint density at radius 2 is 2.00 bits per heavy atom. The second-order valence-electron chi connectivity index (χ2n) is 5.03. The number of ketones is 1. The van der Waals surface area contributed by atoms with Crippen molar-refractivity contribution in [2.45, 2.75) is 47.1 Å². The van der Waals surface area contributed by atoms with Crippen LogP contribution in [0.15, 0.2) is 18.2 Å². The molecule has 1 aromatic carbocycles. The molecule has 3 nitrogen and oxygen atoms in total. The highest BCUT2D eigenvalue weighted by molar-refractivity contribution is 5.94. The first-order valence-electron chi connectivity index (χ1n) is 7.61. The van der Waals surface area contributed by atoms with Crippen molar-refractivity contribution >= 4 is 5.78 Å². The molecule has 0 atom stereocenters. The van der Waals surface area contributed by atoms with Gasteiger partial charge in [0.25, 0.3) is 0 Å². The first-order chi connectivity index (χ1) is 9.62. The molecule has 0 saturated carbocycles. The lowest BCUT2D eigenvalue weighted by Crippen LogP contribution is -2.24. The van der Waals surface area contributed by atoms with Gasteiger partial charge < -0.3 is 4.74 Å². The molecule has 112 valence electrons. The summed E-state index contributed by atoms with van der Waals surface area (Å²) < 4.78 is 5.68. The van der Waals surface area contributed by atoms with Gasteiger partial charge in [-0.3, -0.25) is 9.69 Å². The fraction of sp³-hybridized carbons (Fsp3) is 0.588. The third-order valence-corrected chi connectivity index (χ3v) is 3.44. The van der Waals surface area contributed by atoms with Gasteiger partial charge in [0.15, 0.2) is 5.78 Å². The third-order valence-electron chi connectivity index (χ3n) is 3.44. The zero-order valence-corrected chi connectivity index (χ0v) is 13.2. The van der Waals surface area contributed by atoms with E-state index in [1.54, 1.807) is 6.92 Å². The largest absolute Gasteiger partial charge is 0.494 e. The van der Waals surface area contributed by atoms with Gasteiger partial charge in [-0.25, -0.2) is 0 Å². The van der Waals surface area contributed by atoms with Crippen LogP contribution in [-0.2, 0) is 6.54 Å². The topological polar surface area (TPSA) is 29.5 Å². The molecule has 0 saturated heterocycles. The fourth-order valence-electron chi connectivity index (χ4n) is 2.19. The van der Waals surface area contributed by atoms with Gasteiger partial charge in [-0.2, -0.15) is 0 Å². The van der Waals surface area contributed by atoms with Gasteiger partial charge in [0.1, 0.15) is 5.75 Å². The number of rotatable bonds is 9. The Morgan fingerprint density at radius 3 is 2.55 bits per heavy atom. The molecular formula is C17H27NO2. The smallest absolute Gasteiger partial charge is 0.159 e. The van der Waals surface area contributed by atoms with Gasteiger partial charge in [-0.15, -0.1) is 0 Å². The molecule has 0 aliphatic rings. The molecule has 3 heteroatoms. The van der Waals surface area contributed by atoms with Crippen LogP contribution in [0.1, 0.15) is 56.5 Å². The predicted octanol–water partition coefficient (Wildman–Crippen LogP) is 3.91. The van der Waals surface area contributed by atoms with Crippen LogP contribution < -0.4 is 4.74 Å². The highest BCUT2D eigenvalue weighted by Gasteiger charge is 2.11. The number of hydrogen-bond donors (Lipinski definition) is 0. The van der Waals surface area contributed by atoms with Crippen molar-refractivity contribution in [1.29, 1.82) is 0 Å². The summed E-state index contributed by atoms with van der Waals surface area (Å²) in [5.41, 5.74) is 1.87. The van der Waals surface area contributed by atoms with E-state index in [0.717, 1.165) is 36.5 Å². The van der Waals surface area contributed by atoms with E-state index in [0.29, 0.717) is 6.61 Å². The lowest BCUT2D eigenvalue weighted by Gasteiger charge is -2.22. The summed E-state index contributed by atoms with van der Waals surface area (Å²) in [7, 11) is 0. The Bertz CT molecular complexity index is 429. The monoisotopic (exact) mass is 277 g/mol. The van der Waals surface area contributed by atoms with Crippen molar-refractivity contribution in [3.63, 3.8) is 0 Å². The van der Waals surface area contributed by atoms with Crippen molar-refractivity contribution in [3.05, 3.63) is 29.3 Å². The fourth-order valence-corrected chi connectivity index (χ4v) is 2.19. The molecule has 0 amide bonds. The van der Waals surface area contributed by atoms with E-state index < -0.39 is 0 Å². The lowest BCUT2D eigenvalue weighted by atomic mass is 10.1. The summed E-state index contributed by atoms with van der Waals surface area (Å²) in [4.78, 5) is 13.9. The minimum atomic E-state index is 0.103. The maximum absolute atomic E-state index is 11.5. The molecule has 1 aromatic rings. The summed E-state index contributed by atoms with van der Waals surface area (Å²) in [5.74, 6) is 0.998. The maximum atomic E-state index is 11.5. The van der Waals surface area contributed by atoms with Crippen LogP contribution in [0.2, 0.25) is 0 Å². The summed E-state index contributed by atoms with van der Waals surface area (Å²) in [5, 5.41) is 0. The molecule has 0 aliphatic heterocycles. The minimum absolute atomic E-state index is 0.103. The molecule has 0 bridgehead atoms. The molecule has 0 radical (unpaired) electrons. The molecule has 0 aromatic heterocycles. The number of hydrogen-bond acceptors (Lipinski definition) is 3. The Labute approximate surface area is 122 Å². The lowest BCUT2D eigenvalue weighted by molar-refractivity contribution is 0.101. The molecule has 1 rings (SSSR count). The van der Waals surface area contributed by atoms with Crippen molar-refractivity contribution in [2.24, 2.45) is 0 Å². The van der Waals surface area contributed by atoms with Crippen LogP contribution in [0.25, 0.3) is 0 Å². The maximum Gasteiger partial charge on any atom is 0.159 e. The van der Waals surface area contributed by atoms with Gasteiger partial charge in [0, 0.05) is 17.7 Å². The Hall–Kier alpha value is -1.35. The number of unbranched alkanes of at least 4 members (excludes halogenated alkanes) is 1. The number of Topliss-reactive ketones (excluding diaryl/α,β-unsaturated/α-hetero) is 1. The second kappa shape index (κ2) is 8.75. The van der Waals surface area contributed by atoms with Gasteiger partial charge in [-0.05, 0) is 51.6 Å². The van der Waals surface area contributed by atoms with Crippen LogP contribution in [0.4, 0.5) is 0 Å². The molecular weight excluding hydrogens is 250 g/mol. The third kappa shape index (κ3) is 4.97. The van der Waals surface area contributed by atoms with E-state index in [1.807, 2.05) is 25.1 Å². The molecule has 0 fully saturated rings. The van der Waals surface area contributed by atoms with Crippen LogP contribution in [0, 0.1) is 0 Å². The molecule has 20 heavy (non-hydrogen) atoms. The van der Waals surface area contributed by atoms with Gasteiger partial charge in [-0.1, -0.05) is 20.3 Å². The summed E-state index contributed by atoms with van der Waals surface area (Å²) in [6.45, 7) is 11.5. The molecule has 0 unspecified atom stereocenters. The second-order valence-corrected chi connectivity index (χ2v) is 5.03. The van der Waals surface area contributed by atoms with Crippen LogP contribution in [0.3, 0.4) is 0 Å². The zero-order valence-electron chi connectivity index (χ0n) is 13.2. The zero-order chi connectivity index (χ0) is 15.0. The minimum Gasteiger partial charge on any atom is -0.494 e. The van der Waals surface area contributed by atoms with E-state index in [-0.39, 0.29) is 5.78 Å². The van der Waals surface area contributed by atoms with Crippen molar-refractivity contribution in [3.8, 4) is 5.75 Å². The Balaban J connectivity index is 2.92. The van der Waals surface area contributed by atoms with Crippen molar-refractivity contribution < 1.29 is 9.53 Å².